The van der Waals surface area contributed by atoms with E-state index >= 15 is 0 Å². The zero-order chi connectivity index (χ0) is 12.7. The molecule has 0 aromatic carbocycles. The summed E-state index contributed by atoms with van der Waals surface area (Å²) in [5, 5.41) is 4.23. The standard InChI is InChI=1S/C11H22N4OS/c1-4-15(5-2)8-6-7-13-11-9(16-3)10(12)14-17-11/h13H,4-8H2,1-3H3,(H2,12,14). The molecule has 0 amide bonds. The number of methoxy groups -OCH3 is 1. The monoisotopic (exact) mass is 258 g/mol. The van der Waals surface area contributed by atoms with E-state index in [1.165, 1.54) is 11.5 Å². The molecule has 1 heterocycles. The lowest BCUT2D eigenvalue weighted by Gasteiger charge is -2.17. The highest BCUT2D eigenvalue weighted by atomic mass is 32.1. The van der Waals surface area contributed by atoms with Crippen LogP contribution in [0.2, 0.25) is 0 Å². The van der Waals surface area contributed by atoms with E-state index in [1.807, 2.05) is 0 Å². The fraction of sp³-hybridized carbons (Fsp3) is 0.727. The fourth-order valence-electron chi connectivity index (χ4n) is 1.65. The third-order valence-electron chi connectivity index (χ3n) is 2.71. The van der Waals surface area contributed by atoms with Crippen LogP contribution in [0.3, 0.4) is 0 Å². The van der Waals surface area contributed by atoms with Gasteiger partial charge in [0.15, 0.2) is 16.6 Å². The molecule has 0 saturated carbocycles. The van der Waals surface area contributed by atoms with Crippen LogP contribution >= 0.6 is 11.5 Å². The molecule has 0 aliphatic rings. The first-order chi connectivity index (χ1) is 8.22. The van der Waals surface area contributed by atoms with E-state index in [-0.39, 0.29) is 0 Å². The smallest absolute Gasteiger partial charge is 0.197 e. The lowest BCUT2D eigenvalue weighted by atomic mass is 10.3. The highest BCUT2D eigenvalue weighted by Gasteiger charge is 2.10. The van der Waals surface area contributed by atoms with Gasteiger partial charge in [0.25, 0.3) is 0 Å². The SMILES string of the molecule is CCN(CC)CCCNc1snc(N)c1OC. The van der Waals surface area contributed by atoms with Crippen molar-refractivity contribution in [2.24, 2.45) is 0 Å². The molecule has 0 aliphatic heterocycles. The Balaban J connectivity index is 2.31. The molecule has 0 saturated heterocycles. The summed E-state index contributed by atoms with van der Waals surface area (Å²) in [5.41, 5.74) is 5.67. The summed E-state index contributed by atoms with van der Waals surface area (Å²) in [6.45, 7) is 8.60. The van der Waals surface area contributed by atoms with Gasteiger partial charge in [0.2, 0.25) is 0 Å². The summed E-state index contributed by atoms with van der Waals surface area (Å²) in [4.78, 5) is 2.40. The summed E-state index contributed by atoms with van der Waals surface area (Å²) < 4.78 is 9.24. The molecule has 0 unspecified atom stereocenters. The van der Waals surface area contributed by atoms with Crippen LogP contribution in [0, 0.1) is 0 Å². The normalized spacial score (nSPS) is 10.8. The largest absolute Gasteiger partial charge is 0.490 e. The van der Waals surface area contributed by atoms with Crippen LogP contribution in [-0.2, 0) is 0 Å². The van der Waals surface area contributed by atoms with Crippen molar-refractivity contribution in [1.29, 1.82) is 0 Å². The Morgan fingerprint density at radius 1 is 1.41 bits per heavy atom. The predicted octanol–water partition coefficient (Wildman–Crippen LogP) is 1.88. The minimum absolute atomic E-state index is 0.462. The van der Waals surface area contributed by atoms with Gasteiger partial charge in [0, 0.05) is 6.54 Å². The predicted molar refractivity (Wildman–Crippen MR) is 74.0 cm³/mol. The van der Waals surface area contributed by atoms with Crippen molar-refractivity contribution in [1.82, 2.24) is 9.27 Å². The second kappa shape index (κ2) is 7.34. The van der Waals surface area contributed by atoms with Crippen LogP contribution in [0.25, 0.3) is 0 Å². The molecule has 17 heavy (non-hydrogen) atoms. The maximum absolute atomic E-state index is 5.67. The molecule has 1 aromatic heterocycles. The first-order valence-electron chi connectivity index (χ1n) is 5.98. The van der Waals surface area contributed by atoms with Crippen LogP contribution in [0.4, 0.5) is 10.8 Å². The van der Waals surface area contributed by atoms with E-state index in [2.05, 4.69) is 28.4 Å². The van der Waals surface area contributed by atoms with Gasteiger partial charge >= 0.3 is 0 Å². The van der Waals surface area contributed by atoms with E-state index in [0.29, 0.717) is 11.6 Å². The number of nitrogen functional groups attached to an aromatic ring is 1. The van der Waals surface area contributed by atoms with Crippen molar-refractivity contribution in [3.8, 4) is 5.75 Å². The molecule has 1 rings (SSSR count). The van der Waals surface area contributed by atoms with Crippen molar-refractivity contribution in [2.75, 3.05) is 44.3 Å². The Kier molecular flexibility index (Phi) is 6.07. The van der Waals surface area contributed by atoms with Crippen LogP contribution in [0.1, 0.15) is 20.3 Å². The van der Waals surface area contributed by atoms with E-state index in [9.17, 15) is 0 Å². The molecule has 98 valence electrons. The average molecular weight is 258 g/mol. The van der Waals surface area contributed by atoms with Gasteiger partial charge in [-0.1, -0.05) is 13.8 Å². The number of hydrogen-bond acceptors (Lipinski definition) is 6. The minimum atomic E-state index is 0.462. The number of hydrogen-bond donors (Lipinski definition) is 2. The second-order valence-corrected chi connectivity index (χ2v) is 4.51. The maximum atomic E-state index is 5.67. The molecule has 0 fully saturated rings. The van der Waals surface area contributed by atoms with Crippen LogP contribution in [0.15, 0.2) is 0 Å². The average Bonchev–Trinajstić information content (AvgIpc) is 2.70. The van der Waals surface area contributed by atoms with Crippen molar-refractivity contribution >= 4 is 22.4 Å². The number of nitrogens with two attached hydrogens (primary N) is 1. The Morgan fingerprint density at radius 2 is 2.12 bits per heavy atom. The summed E-state index contributed by atoms with van der Waals surface area (Å²) in [7, 11) is 1.61. The van der Waals surface area contributed by atoms with Crippen LogP contribution < -0.4 is 15.8 Å². The molecule has 0 bridgehead atoms. The fourth-order valence-corrected chi connectivity index (χ4v) is 2.36. The van der Waals surface area contributed by atoms with E-state index in [0.717, 1.165) is 37.6 Å². The van der Waals surface area contributed by atoms with Crippen LogP contribution in [0.5, 0.6) is 5.75 Å². The van der Waals surface area contributed by atoms with Gasteiger partial charge in [-0.3, -0.25) is 0 Å². The first kappa shape index (κ1) is 14.1. The number of aromatic nitrogens is 1. The number of nitrogens with one attached hydrogen (secondary N) is 1. The van der Waals surface area contributed by atoms with E-state index < -0.39 is 0 Å². The zero-order valence-corrected chi connectivity index (χ0v) is 11.6. The highest BCUT2D eigenvalue weighted by molar-refractivity contribution is 7.11. The second-order valence-electron chi connectivity index (χ2n) is 3.74. The Hall–Kier alpha value is -1.01. The first-order valence-corrected chi connectivity index (χ1v) is 6.75. The van der Waals surface area contributed by atoms with Crippen LogP contribution in [-0.4, -0.2) is 42.6 Å². The molecule has 0 aliphatic carbocycles. The Bertz CT molecular complexity index is 325. The molecule has 0 spiro atoms. The van der Waals surface area contributed by atoms with Gasteiger partial charge in [0.1, 0.15) is 0 Å². The number of nitrogens with zero attached hydrogens (tertiary/aromatic N) is 2. The Morgan fingerprint density at radius 3 is 2.71 bits per heavy atom. The van der Waals surface area contributed by atoms with Crippen molar-refractivity contribution < 1.29 is 4.74 Å². The van der Waals surface area contributed by atoms with Gasteiger partial charge in [-0.15, -0.1) is 0 Å². The molecule has 3 N–H and O–H groups in total. The van der Waals surface area contributed by atoms with Gasteiger partial charge in [-0.2, -0.15) is 4.37 Å². The zero-order valence-electron chi connectivity index (χ0n) is 10.8. The molecule has 0 atom stereocenters. The summed E-state index contributed by atoms with van der Waals surface area (Å²) in [5.74, 6) is 1.13. The van der Waals surface area contributed by atoms with Crippen molar-refractivity contribution in [2.45, 2.75) is 20.3 Å². The molecular weight excluding hydrogens is 236 g/mol. The molecule has 1 aromatic rings. The Labute approximate surface area is 107 Å². The van der Waals surface area contributed by atoms with Crippen molar-refractivity contribution in [3.05, 3.63) is 0 Å². The van der Waals surface area contributed by atoms with Gasteiger partial charge in [-0.05, 0) is 37.6 Å². The van der Waals surface area contributed by atoms with Gasteiger partial charge in [0.05, 0.1) is 7.11 Å². The van der Waals surface area contributed by atoms with Crippen molar-refractivity contribution in [3.63, 3.8) is 0 Å². The quantitative estimate of drug-likeness (QED) is 0.697. The maximum Gasteiger partial charge on any atom is 0.197 e. The number of ether oxygens (including phenoxy) is 1. The lowest BCUT2D eigenvalue weighted by Crippen LogP contribution is -2.25. The third-order valence-corrected chi connectivity index (χ3v) is 3.51. The molecular formula is C11H22N4OS. The summed E-state index contributed by atoms with van der Waals surface area (Å²) >= 11 is 1.35. The molecule has 6 heteroatoms. The van der Waals surface area contributed by atoms with Gasteiger partial charge < -0.3 is 20.7 Å². The summed E-state index contributed by atoms with van der Waals surface area (Å²) in [6.07, 6.45) is 1.10. The molecule has 0 radical (unpaired) electrons. The van der Waals surface area contributed by atoms with E-state index in [1.54, 1.807) is 7.11 Å². The topological polar surface area (TPSA) is 63.4 Å². The summed E-state index contributed by atoms with van der Waals surface area (Å²) in [6, 6.07) is 0. The molecule has 5 nitrogen and oxygen atoms in total. The minimum Gasteiger partial charge on any atom is -0.490 e. The highest BCUT2D eigenvalue weighted by Crippen LogP contribution is 2.34. The lowest BCUT2D eigenvalue weighted by molar-refractivity contribution is 0.303. The number of rotatable bonds is 8. The number of anilines is 2. The van der Waals surface area contributed by atoms with Gasteiger partial charge in [-0.25, -0.2) is 0 Å². The van der Waals surface area contributed by atoms with E-state index in [4.69, 9.17) is 10.5 Å². The third kappa shape index (κ3) is 4.05.